The van der Waals surface area contributed by atoms with Crippen LogP contribution < -0.4 is 10.6 Å². The van der Waals surface area contributed by atoms with Crippen molar-refractivity contribution in [2.45, 2.75) is 91.6 Å². The molecule has 2 amide bonds. The predicted molar refractivity (Wildman–Crippen MR) is 140 cm³/mol. The van der Waals surface area contributed by atoms with Crippen molar-refractivity contribution >= 4 is 12.0 Å². The second-order valence-corrected chi connectivity index (χ2v) is 10.5. The number of benzene rings is 1. The maximum Gasteiger partial charge on any atom is 0.407 e. The van der Waals surface area contributed by atoms with Crippen LogP contribution in [-0.2, 0) is 20.9 Å². The highest BCUT2D eigenvalue weighted by Gasteiger charge is 2.30. The number of carbonyl (C=O) groups excluding carboxylic acids is 2. The highest BCUT2D eigenvalue weighted by Crippen LogP contribution is 2.22. The van der Waals surface area contributed by atoms with Gasteiger partial charge in [-0.1, -0.05) is 64.1 Å². The first kappa shape index (κ1) is 30.7. The van der Waals surface area contributed by atoms with Crippen LogP contribution in [0.1, 0.15) is 72.8 Å². The zero-order valence-corrected chi connectivity index (χ0v) is 22.4. The van der Waals surface area contributed by atoms with Gasteiger partial charge in [-0.05, 0) is 51.0 Å². The lowest BCUT2D eigenvalue weighted by molar-refractivity contribution is -0.117. The Hall–Kier alpha value is -2.38. The average molecular weight is 491 g/mol. The Morgan fingerprint density at radius 3 is 2.37 bits per heavy atom. The van der Waals surface area contributed by atoms with E-state index in [2.05, 4.69) is 31.1 Å². The molecule has 0 fully saturated rings. The number of rotatable bonds is 15. The lowest BCUT2D eigenvalue weighted by Gasteiger charge is -2.31. The van der Waals surface area contributed by atoms with Crippen molar-refractivity contribution in [1.82, 2.24) is 10.6 Å². The first-order valence-electron chi connectivity index (χ1n) is 12.7. The third-order valence-corrected chi connectivity index (χ3v) is 5.70. The van der Waals surface area contributed by atoms with Gasteiger partial charge in [-0.2, -0.15) is 0 Å². The molecule has 7 nitrogen and oxygen atoms in total. The van der Waals surface area contributed by atoms with Crippen LogP contribution in [-0.4, -0.2) is 48.0 Å². The number of nitrogens with one attached hydrogen (secondary N) is 2. The molecule has 0 aromatic heterocycles. The fourth-order valence-corrected chi connectivity index (χ4v) is 3.52. The number of unbranched alkanes of at least 4 members (excludes halogenated alkanes) is 1. The normalized spacial score (nSPS) is 14.2. The number of alkyl carbamates (subject to hydrolysis) is 1. The Morgan fingerprint density at radius 2 is 1.80 bits per heavy atom. The molecule has 0 aliphatic carbocycles. The summed E-state index contributed by atoms with van der Waals surface area (Å²) < 4.78 is 11.4. The van der Waals surface area contributed by atoms with E-state index in [1.807, 2.05) is 37.3 Å². The predicted octanol–water partition coefficient (Wildman–Crippen LogP) is 4.98. The van der Waals surface area contributed by atoms with Gasteiger partial charge in [-0.15, -0.1) is 0 Å². The minimum absolute atomic E-state index is 0.0497. The second-order valence-electron chi connectivity index (χ2n) is 10.5. The summed E-state index contributed by atoms with van der Waals surface area (Å²) in [6, 6.07) is 9.31. The van der Waals surface area contributed by atoms with Gasteiger partial charge in [0, 0.05) is 18.5 Å². The third kappa shape index (κ3) is 13.3. The smallest absolute Gasteiger partial charge is 0.407 e. The molecule has 0 heterocycles. The van der Waals surface area contributed by atoms with E-state index in [1.165, 1.54) is 0 Å². The molecule has 1 rings (SSSR count). The van der Waals surface area contributed by atoms with Crippen molar-refractivity contribution in [3.63, 3.8) is 0 Å². The number of hydrogen-bond acceptors (Lipinski definition) is 5. The van der Waals surface area contributed by atoms with Gasteiger partial charge in [0.25, 0.3) is 0 Å². The Morgan fingerprint density at radius 1 is 1.14 bits per heavy atom. The highest BCUT2D eigenvalue weighted by molar-refractivity contribution is 5.92. The fourth-order valence-electron chi connectivity index (χ4n) is 3.52. The topological polar surface area (TPSA) is 96.9 Å². The lowest BCUT2D eigenvalue weighted by Crippen LogP contribution is -2.47. The number of amides is 2. The number of hydrogen-bond donors (Lipinski definition) is 3. The van der Waals surface area contributed by atoms with E-state index in [0.29, 0.717) is 26.2 Å². The van der Waals surface area contributed by atoms with Gasteiger partial charge in [-0.25, -0.2) is 4.79 Å². The van der Waals surface area contributed by atoms with Gasteiger partial charge >= 0.3 is 6.09 Å². The van der Waals surface area contributed by atoms with E-state index in [0.717, 1.165) is 18.4 Å². The molecule has 35 heavy (non-hydrogen) atoms. The average Bonchev–Trinajstić information content (AvgIpc) is 2.77. The molecule has 0 unspecified atom stereocenters. The van der Waals surface area contributed by atoms with Crippen LogP contribution in [0.3, 0.4) is 0 Å². The molecule has 0 radical (unpaired) electrons. The maximum absolute atomic E-state index is 12.5. The molecule has 7 heteroatoms. The molecule has 3 N–H and O–H groups in total. The Kier molecular flexibility index (Phi) is 13.6. The van der Waals surface area contributed by atoms with Crippen LogP contribution >= 0.6 is 0 Å². The molecule has 0 saturated carbocycles. The van der Waals surface area contributed by atoms with Gasteiger partial charge in [0.05, 0.1) is 25.4 Å². The van der Waals surface area contributed by atoms with Crippen molar-refractivity contribution in [2.24, 2.45) is 11.8 Å². The van der Waals surface area contributed by atoms with E-state index in [9.17, 15) is 14.7 Å². The molecule has 1 aromatic rings. The quantitative estimate of drug-likeness (QED) is 0.238. The lowest BCUT2D eigenvalue weighted by atomic mass is 9.86. The third-order valence-electron chi connectivity index (χ3n) is 5.70. The van der Waals surface area contributed by atoms with Gasteiger partial charge in [0.15, 0.2) is 0 Å². The first-order chi connectivity index (χ1) is 16.4. The van der Waals surface area contributed by atoms with Crippen LogP contribution in [0.15, 0.2) is 42.5 Å². The van der Waals surface area contributed by atoms with E-state index < -0.39 is 23.8 Å². The second kappa shape index (κ2) is 15.6. The summed E-state index contributed by atoms with van der Waals surface area (Å²) in [5.41, 5.74) is 0.702. The SMILES string of the molecule is C=C(C[C@@H](O)[C@H](C[C@@H](COCc1ccccc1)C(C)C)NC(=O)OC(C)(C)C)C(=O)NCCCC. The zero-order chi connectivity index (χ0) is 26.4. The van der Waals surface area contributed by atoms with Crippen molar-refractivity contribution in [3.8, 4) is 0 Å². The van der Waals surface area contributed by atoms with Gasteiger partial charge in [0.2, 0.25) is 5.91 Å². The molecule has 1 aromatic carbocycles. The van der Waals surface area contributed by atoms with Crippen LogP contribution in [0.2, 0.25) is 0 Å². The highest BCUT2D eigenvalue weighted by atomic mass is 16.6. The van der Waals surface area contributed by atoms with Crippen molar-refractivity contribution in [1.29, 1.82) is 0 Å². The standard InChI is InChI=1S/C28H46N2O5/c1-8-9-15-29-26(32)21(4)16-25(31)24(30-27(33)35-28(5,6)7)17-23(20(2)3)19-34-18-22-13-11-10-12-14-22/h10-14,20,23-25,31H,4,8-9,15-19H2,1-3,5-7H3,(H,29,32)(H,30,33)/t23-,24-,25+/m0/s1. The van der Waals surface area contributed by atoms with Crippen molar-refractivity contribution in [2.75, 3.05) is 13.2 Å². The van der Waals surface area contributed by atoms with Crippen LogP contribution in [0.4, 0.5) is 4.79 Å². The van der Waals surface area contributed by atoms with Crippen LogP contribution in [0.25, 0.3) is 0 Å². The van der Waals surface area contributed by atoms with Crippen molar-refractivity contribution in [3.05, 3.63) is 48.0 Å². The summed E-state index contributed by atoms with van der Waals surface area (Å²) in [5, 5.41) is 16.7. The zero-order valence-electron chi connectivity index (χ0n) is 22.4. The molecule has 198 valence electrons. The Balaban J connectivity index is 2.85. The summed E-state index contributed by atoms with van der Waals surface area (Å²) in [4.78, 5) is 24.9. The Labute approximate surface area is 211 Å². The summed E-state index contributed by atoms with van der Waals surface area (Å²) in [5.74, 6) is 0.0431. The van der Waals surface area contributed by atoms with E-state index in [4.69, 9.17) is 9.47 Å². The molecule has 0 aliphatic heterocycles. The minimum Gasteiger partial charge on any atom is -0.444 e. The monoisotopic (exact) mass is 490 g/mol. The van der Waals surface area contributed by atoms with Crippen LogP contribution in [0.5, 0.6) is 0 Å². The van der Waals surface area contributed by atoms with Crippen LogP contribution in [0, 0.1) is 11.8 Å². The summed E-state index contributed by atoms with van der Waals surface area (Å²) in [6.45, 7) is 17.0. The van der Waals surface area contributed by atoms with Gasteiger partial charge in [-0.3, -0.25) is 4.79 Å². The maximum atomic E-state index is 12.5. The summed E-state index contributed by atoms with van der Waals surface area (Å²) in [7, 11) is 0. The summed E-state index contributed by atoms with van der Waals surface area (Å²) >= 11 is 0. The summed E-state index contributed by atoms with van der Waals surface area (Å²) in [6.07, 6.45) is 0.768. The molecular weight excluding hydrogens is 444 g/mol. The first-order valence-corrected chi connectivity index (χ1v) is 12.7. The van der Waals surface area contributed by atoms with Gasteiger partial charge in [0.1, 0.15) is 5.60 Å². The molecule has 0 saturated heterocycles. The largest absolute Gasteiger partial charge is 0.444 e. The van der Waals surface area contributed by atoms with Gasteiger partial charge < -0.3 is 25.2 Å². The number of aliphatic hydroxyl groups excluding tert-OH is 1. The molecule has 3 atom stereocenters. The number of carbonyl (C=O) groups is 2. The van der Waals surface area contributed by atoms with Crippen molar-refractivity contribution < 1.29 is 24.2 Å². The number of ether oxygens (including phenoxy) is 2. The molecular formula is C28H46N2O5. The van der Waals surface area contributed by atoms with E-state index in [-0.39, 0.29) is 29.7 Å². The number of aliphatic hydroxyl groups is 1. The molecule has 0 spiro atoms. The Bertz CT molecular complexity index is 773. The fraction of sp³-hybridized carbons (Fsp3) is 0.643. The molecule has 0 aliphatic rings. The van der Waals surface area contributed by atoms with E-state index in [1.54, 1.807) is 20.8 Å². The minimum atomic E-state index is -0.998. The van der Waals surface area contributed by atoms with E-state index >= 15 is 0 Å². The molecule has 0 bridgehead atoms.